The van der Waals surface area contributed by atoms with Crippen LogP contribution in [0.15, 0.2) is 48.8 Å². The highest BCUT2D eigenvalue weighted by Crippen LogP contribution is 2.34. The van der Waals surface area contributed by atoms with Crippen LogP contribution in [-0.2, 0) is 14.3 Å². The number of hydrogen-bond acceptors (Lipinski definition) is 9. The summed E-state index contributed by atoms with van der Waals surface area (Å²) in [6.07, 6.45) is 6.65. The second-order valence-electron chi connectivity index (χ2n) is 10.0. The summed E-state index contributed by atoms with van der Waals surface area (Å²) < 4.78 is 30.9. The van der Waals surface area contributed by atoms with E-state index in [0.717, 1.165) is 25.9 Å². The molecule has 1 amide bonds. The van der Waals surface area contributed by atoms with Crippen molar-refractivity contribution in [3.05, 3.63) is 59.7 Å². The van der Waals surface area contributed by atoms with E-state index in [9.17, 15) is 9.18 Å². The first-order chi connectivity index (χ1) is 20.0. The smallest absolute Gasteiger partial charge is 0.248 e. The van der Waals surface area contributed by atoms with E-state index >= 15 is 0 Å². The normalized spacial score (nSPS) is 19.3. The summed E-state index contributed by atoms with van der Waals surface area (Å²) in [7, 11) is 0. The number of likely N-dealkylation sites (tertiary alicyclic amines) is 1. The van der Waals surface area contributed by atoms with Gasteiger partial charge < -0.3 is 30.0 Å². The van der Waals surface area contributed by atoms with Crippen molar-refractivity contribution < 1.29 is 28.5 Å². The van der Waals surface area contributed by atoms with Gasteiger partial charge in [0.1, 0.15) is 23.7 Å². The third-order valence-corrected chi connectivity index (χ3v) is 7.27. The zero-order valence-corrected chi connectivity index (χ0v) is 23.3. The van der Waals surface area contributed by atoms with Crippen LogP contribution in [0.4, 0.5) is 21.6 Å². The summed E-state index contributed by atoms with van der Waals surface area (Å²) in [6.45, 7) is 4.37. The Morgan fingerprint density at radius 1 is 1.27 bits per heavy atom. The number of benzene rings is 2. The number of aliphatic hydroxyl groups is 1. The molecular formula is C29H33ClFN5O5. The number of nitrogens with one attached hydrogen (secondary N) is 2. The van der Waals surface area contributed by atoms with Gasteiger partial charge in [-0.1, -0.05) is 17.7 Å². The van der Waals surface area contributed by atoms with Crippen LogP contribution >= 0.6 is 11.6 Å². The van der Waals surface area contributed by atoms with Crippen molar-refractivity contribution in [3.8, 4) is 5.75 Å². The summed E-state index contributed by atoms with van der Waals surface area (Å²) in [5.74, 6) is 0.403. The Morgan fingerprint density at radius 2 is 2.17 bits per heavy atom. The van der Waals surface area contributed by atoms with Gasteiger partial charge in [0, 0.05) is 55.4 Å². The van der Waals surface area contributed by atoms with E-state index in [0.29, 0.717) is 66.8 Å². The number of carbonyl (C=O) groups is 1. The second-order valence-corrected chi connectivity index (χ2v) is 10.4. The molecule has 2 aliphatic heterocycles. The van der Waals surface area contributed by atoms with E-state index in [1.54, 1.807) is 18.2 Å². The van der Waals surface area contributed by atoms with Crippen molar-refractivity contribution >= 4 is 45.6 Å². The SMILES string of the molecule is O=C(/C=C/CN1CC[C@@H](OCCO)C1)Nc1cc2c(Nc3ccc(F)c(Cl)c3)ncnc2cc1OC[C@H]1CCOC1. The lowest BCUT2D eigenvalue weighted by Gasteiger charge is -2.17. The fraction of sp³-hybridized carbons (Fsp3) is 0.414. The zero-order valence-electron chi connectivity index (χ0n) is 22.5. The van der Waals surface area contributed by atoms with Crippen LogP contribution in [-0.4, -0.2) is 84.7 Å². The molecule has 2 aliphatic rings. The topological polar surface area (TPSA) is 118 Å². The molecule has 0 spiro atoms. The molecule has 218 valence electrons. The van der Waals surface area contributed by atoms with Crippen molar-refractivity contribution in [3.63, 3.8) is 0 Å². The average Bonchev–Trinajstić information content (AvgIpc) is 3.65. The van der Waals surface area contributed by atoms with Gasteiger partial charge in [-0.15, -0.1) is 0 Å². The summed E-state index contributed by atoms with van der Waals surface area (Å²) in [5.41, 5.74) is 1.63. The highest BCUT2D eigenvalue weighted by Gasteiger charge is 2.22. The minimum absolute atomic E-state index is 0.00968. The molecule has 0 bridgehead atoms. The van der Waals surface area contributed by atoms with Gasteiger partial charge in [-0.3, -0.25) is 9.69 Å². The Bertz CT molecular complexity index is 1390. The van der Waals surface area contributed by atoms with Gasteiger partial charge in [0.15, 0.2) is 0 Å². The Kier molecular flexibility index (Phi) is 9.97. The van der Waals surface area contributed by atoms with Gasteiger partial charge in [-0.2, -0.15) is 0 Å². The van der Waals surface area contributed by atoms with Gasteiger partial charge in [0.2, 0.25) is 5.91 Å². The van der Waals surface area contributed by atoms with Gasteiger partial charge >= 0.3 is 0 Å². The summed E-state index contributed by atoms with van der Waals surface area (Å²) in [5, 5.41) is 15.7. The maximum atomic E-state index is 13.7. The predicted octanol–water partition coefficient (Wildman–Crippen LogP) is 4.16. The van der Waals surface area contributed by atoms with Crippen LogP contribution in [0.3, 0.4) is 0 Å². The first-order valence-corrected chi connectivity index (χ1v) is 14.0. The third-order valence-electron chi connectivity index (χ3n) is 6.98. The number of nitrogens with zero attached hydrogens (tertiary/aromatic N) is 3. The highest BCUT2D eigenvalue weighted by atomic mass is 35.5. The molecule has 3 aromatic rings. The summed E-state index contributed by atoms with van der Waals surface area (Å²) in [6, 6.07) is 7.84. The first kappa shape index (κ1) is 29.2. The van der Waals surface area contributed by atoms with Crippen molar-refractivity contribution in [2.24, 2.45) is 5.92 Å². The summed E-state index contributed by atoms with van der Waals surface area (Å²) >= 11 is 5.96. The number of anilines is 3. The molecular weight excluding hydrogens is 553 g/mol. The van der Waals surface area contributed by atoms with Gasteiger partial charge in [0.05, 0.1) is 48.8 Å². The number of hydrogen-bond donors (Lipinski definition) is 3. The van der Waals surface area contributed by atoms with Gasteiger partial charge in [0.25, 0.3) is 0 Å². The van der Waals surface area contributed by atoms with Crippen LogP contribution in [0.25, 0.3) is 10.9 Å². The molecule has 10 nitrogen and oxygen atoms in total. The quantitative estimate of drug-likeness (QED) is 0.269. The molecule has 5 rings (SSSR count). The number of carbonyl (C=O) groups excluding carboxylic acids is 1. The lowest BCUT2D eigenvalue weighted by Crippen LogP contribution is -2.24. The molecule has 12 heteroatoms. The summed E-state index contributed by atoms with van der Waals surface area (Å²) in [4.78, 5) is 23.9. The third kappa shape index (κ3) is 7.90. The number of aromatic nitrogens is 2. The zero-order chi connectivity index (χ0) is 28.6. The van der Waals surface area contributed by atoms with Gasteiger partial charge in [-0.25, -0.2) is 14.4 Å². The fourth-order valence-electron chi connectivity index (χ4n) is 4.84. The number of rotatable bonds is 12. The molecule has 0 saturated carbocycles. The minimum Gasteiger partial charge on any atom is -0.491 e. The van der Waals surface area contributed by atoms with Crippen molar-refractivity contribution in [2.75, 3.05) is 63.3 Å². The molecule has 0 radical (unpaired) electrons. The lowest BCUT2D eigenvalue weighted by atomic mass is 10.1. The molecule has 3 N–H and O–H groups in total. The second kappa shape index (κ2) is 14.0. The van der Waals surface area contributed by atoms with E-state index in [4.69, 9.17) is 30.9 Å². The molecule has 2 aromatic carbocycles. The van der Waals surface area contributed by atoms with E-state index < -0.39 is 5.82 Å². The maximum absolute atomic E-state index is 13.7. The maximum Gasteiger partial charge on any atom is 0.248 e. The van der Waals surface area contributed by atoms with Crippen LogP contribution < -0.4 is 15.4 Å². The average molecular weight is 586 g/mol. The number of amides is 1. The standard InChI is InChI=1S/C29H33ClFN5O5/c30-23-12-20(3-4-24(23)31)34-29-22-13-26(27(14-25(22)32-18-33-29)41-17-19-6-10-39-16-19)35-28(38)2-1-7-36-8-5-21(15-36)40-11-9-37/h1-4,12-14,18-19,21,37H,5-11,15-17H2,(H,35,38)(H,32,33,34)/b2-1+/t19-,21+/m0/s1. The van der Waals surface area contributed by atoms with E-state index in [2.05, 4.69) is 25.5 Å². The highest BCUT2D eigenvalue weighted by molar-refractivity contribution is 6.31. The van der Waals surface area contributed by atoms with E-state index in [1.165, 1.54) is 24.5 Å². The van der Waals surface area contributed by atoms with Crippen molar-refractivity contribution in [2.45, 2.75) is 18.9 Å². The van der Waals surface area contributed by atoms with E-state index in [-0.39, 0.29) is 29.6 Å². The minimum atomic E-state index is -0.517. The molecule has 0 aliphatic carbocycles. The lowest BCUT2D eigenvalue weighted by molar-refractivity contribution is -0.111. The van der Waals surface area contributed by atoms with Crippen LogP contribution in [0, 0.1) is 11.7 Å². The number of aliphatic hydroxyl groups excluding tert-OH is 1. The van der Waals surface area contributed by atoms with E-state index in [1.807, 2.05) is 6.08 Å². The van der Waals surface area contributed by atoms with Crippen molar-refractivity contribution in [1.82, 2.24) is 14.9 Å². The Labute approximate surface area is 242 Å². The molecule has 41 heavy (non-hydrogen) atoms. The predicted molar refractivity (Wildman–Crippen MR) is 154 cm³/mol. The monoisotopic (exact) mass is 585 g/mol. The van der Waals surface area contributed by atoms with Crippen molar-refractivity contribution in [1.29, 1.82) is 0 Å². The molecule has 0 unspecified atom stereocenters. The molecule has 2 saturated heterocycles. The molecule has 2 fully saturated rings. The number of fused-ring (bicyclic) bond motifs is 1. The molecule has 3 heterocycles. The number of halogens is 2. The molecule has 2 atom stereocenters. The van der Waals surface area contributed by atoms with Crippen LogP contribution in [0.2, 0.25) is 5.02 Å². The fourth-order valence-corrected chi connectivity index (χ4v) is 5.02. The Hall–Kier alpha value is -3.35. The van der Waals surface area contributed by atoms with Gasteiger partial charge in [-0.05, 0) is 37.1 Å². The van der Waals surface area contributed by atoms with Crippen LogP contribution in [0.1, 0.15) is 12.8 Å². The molecule has 1 aromatic heterocycles. The van der Waals surface area contributed by atoms with Crippen LogP contribution in [0.5, 0.6) is 5.75 Å². The first-order valence-electron chi connectivity index (χ1n) is 13.6. The Balaban J connectivity index is 1.33. The Morgan fingerprint density at radius 3 is 2.98 bits per heavy atom. The number of ether oxygens (including phenoxy) is 3. The largest absolute Gasteiger partial charge is 0.491 e.